The molecule has 0 radical (unpaired) electrons. The number of hydrogen-bond acceptors (Lipinski definition) is 10. The standard InChI is InChI=1S/C30H36N2O8/c1-8-31-21-12-18-23(27(36)29(39-7)15(4)25(18)34)24(31)20-11-17-13(2)14(3)28(38-6)26(35)22(17)19(32(20)30(21)37)9-10-40-16(5)33/h19-21,24,30,37H,2,8-12H2,1,3-7H3/t19-,20-,21?,24?,30-/m0/s1. The van der Waals surface area contributed by atoms with Crippen LogP contribution in [0.15, 0.2) is 57.1 Å². The van der Waals surface area contributed by atoms with E-state index in [1.54, 1.807) is 13.8 Å². The van der Waals surface area contributed by atoms with Crippen LogP contribution >= 0.6 is 0 Å². The number of methoxy groups -OCH3 is 2. The molecule has 10 nitrogen and oxygen atoms in total. The minimum Gasteiger partial charge on any atom is -0.492 e. The maximum Gasteiger partial charge on any atom is 0.302 e. The number of aliphatic hydroxyl groups excluding tert-OH is 1. The zero-order valence-electron chi connectivity index (χ0n) is 23.8. The molecule has 40 heavy (non-hydrogen) atoms. The molecule has 0 aromatic heterocycles. The number of carbonyl (C=O) groups is 4. The molecule has 2 unspecified atom stereocenters. The van der Waals surface area contributed by atoms with Crippen molar-refractivity contribution in [2.24, 2.45) is 0 Å². The molecule has 3 heterocycles. The Morgan fingerprint density at radius 2 is 1.55 bits per heavy atom. The summed E-state index contributed by atoms with van der Waals surface area (Å²) in [5, 5.41) is 11.9. The zero-order chi connectivity index (χ0) is 29.2. The van der Waals surface area contributed by atoms with Gasteiger partial charge in [0.1, 0.15) is 6.23 Å². The molecule has 5 rings (SSSR count). The minimum absolute atomic E-state index is 0.0332. The number of rotatable bonds is 6. The lowest BCUT2D eigenvalue weighted by molar-refractivity contribution is -0.168. The molecule has 1 N–H and O–H groups in total. The summed E-state index contributed by atoms with van der Waals surface area (Å²) < 4.78 is 16.2. The molecule has 2 aliphatic carbocycles. The number of aliphatic hydroxyl groups is 1. The summed E-state index contributed by atoms with van der Waals surface area (Å²) in [6.07, 6.45) is -0.295. The maximum absolute atomic E-state index is 13.9. The van der Waals surface area contributed by atoms with Gasteiger partial charge in [-0.15, -0.1) is 0 Å². The van der Waals surface area contributed by atoms with Crippen molar-refractivity contribution in [2.45, 2.75) is 77.4 Å². The van der Waals surface area contributed by atoms with Crippen molar-refractivity contribution < 1.29 is 38.5 Å². The van der Waals surface area contributed by atoms with Crippen LogP contribution in [0.5, 0.6) is 0 Å². The topological polar surface area (TPSA) is 123 Å². The van der Waals surface area contributed by atoms with Crippen molar-refractivity contribution in [3.8, 4) is 0 Å². The first kappa shape index (κ1) is 28.2. The summed E-state index contributed by atoms with van der Waals surface area (Å²) in [6.45, 7) is 11.5. The molecule has 3 aliphatic heterocycles. The number of ether oxygens (including phenoxy) is 3. The van der Waals surface area contributed by atoms with E-state index in [4.69, 9.17) is 14.2 Å². The third-order valence-corrected chi connectivity index (χ3v) is 9.13. The highest BCUT2D eigenvalue weighted by molar-refractivity contribution is 6.25. The number of hydrogen-bond donors (Lipinski definition) is 1. The Hall–Kier alpha value is -3.34. The van der Waals surface area contributed by atoms with Gasteiger partial charge in [-0.3, -0.25) is 29.0 Å². The van der Waals surface area contributed by atoms with Gasteiger partial charge in [0, 0.05) is 53.3 Å². The van der Waals surface area contributed by atoms with E-state index in [0.29, 0.717) is 40.8 Å². The zero-order valence-corrected chi connectivity index (χ0v) is 23.8. The SMILES string of the molecule is C=C1C(C)=C(OC)C(=O)C2=C1C[C@H]1C3C4=C(CC([C@H](O)N1[C@H]2CCOC(C)=O)N3CC)C(=O)C(C)=C(OC)C4=O. The smallest absolute Gasteiger partial charge is 0.302 e. The van der Waals surface area contributed by atoms with E-state index in [1.807, 2.05) is 11.8 Å². The monoisotopic (exact) mass is 552 g/mol. The summed E-state index contributed by atoms with van der Waals surface area (Å²) >= 11 is 0. The molecule has 0 aromatic carbocycles. The number of allylic oxidation sites excluding steroid dienone is 5. The summed E-state index contributed by atoms with van der Waals surface area (Å²) in [6, 6.07) is -2.12. The summed E-state index contributed by atoms with van der Waals surface area (Å²) in [5.74, 6) is -1.05. The second kappa shape index (κ2) is 10.2. The van der Waals surface area contributed by atoms with Gasteiger partial charge in [-0.2, -0.15) is 0 Å². The minimum atomic E-state index is -1.05. The van der Waals surface area contributed by atoms with E-state index in [2.05, 4.69) is 11.5 Å². The van der Waals surface area contributed by atoms with E-state index in [1.165, 1.54) is 21.1 Å². The van der Waals surface area contributed by atoms with Crippen LogP contribution < -0.4 is 0 Å². The second-order valence-corrected chi connectivity index (χ2v) is 10.9. The number of likely N-dealkylation sites (N-methyl/N-ethyl adjacent to an activating group) is 1. The summed E-state index contributed by atoms with van der Waals surface area (Å²) in [4.78, 5) is 56.7. The fourth-order valence-electron chi connectivity index (χ4n) is 7.41. The van der Waals surface area contributed by atoms with Gasteiger partial charge in [0.05, 0.1) is 32.9 Å². The Morgan fingerprint density at radius 1 is 0.950 bits per heavy atom. The number of carbonyl (C=O) groups excluding carboxylic acids is 4. The first-order valence-electron chi connectivity index (χ1n) is 13.6. The molecular formula is C30H36N2O8. The van der Waals surface area contributed by atoms with Crippen LogP contribution in [-0.2, 0) is 33.4 Å². The fourth-order valence-corrected chi connectivity index (χ4v) is 7.41. The number of piperazine rings is 1. The van der Waals surface area contributed by atoms with E-state index >= 15 is 0 Å². The normalized spacial score (nSPS) is 30.9. The first-order chi connectivity index (χ1) is 19.0. The van der Waals surface area contributed by atoms with Crippen LogP contribution in [0.1, 0.15) is 47.0 Å². The maximum atomic E-state index is 13.9. The Bertz CT molecular complexity index is 1370. The molecule has 10 heteroatoms. The molecular weight excluding hydrogens is 516 g/mol. The van der Waals surface area contributed by atoms with Gasteiger partial charge in [0.15, 0.2) is 17.3 Å². The third kappa shape index (κ3) is 3.88. The van der Waals surface area contributed by atoms with Gasteiger partial charge in [-0.05, 0) is 44.4 Å². The molecule has 0 amide bonds. The lowest BCUT2D eigenvalue weighted by Crippen LogP contribution is -2.74. The second-order valence-electron chi connectivity index (χ2n) is 10.9. The Labute approximate surface area is 233 Å². The van der Waals surface area contributed by atoms with Crippen LogP contribution in [-0.4, -0.2) is 96.0 Å². The van der Waals surface area contributed by atoms with E-state index in [9.17, 15) is 24.3 Å². The molecule has 0 saturated carbocycles. The average molecular weight is 553 g/mol. The van der Waals surface area contributed by atoms with Crippen LogP contribution in [0.4, 0.5) is 0 Å². The van der Waals surface area contributed by atoms with Gasteiger partial charge in [-0.1, -0.05) is 13.5 Å². The van der Waals surface area contributed by atoms with Crippen LogP contribution in [0.25, 0.3) is 0 Å². The molecule has 214 valence electrons. The van der Waals surface area contributed by atoms with E-state index in [0.717, 1.165) is 5.57 Å². The van der Waals surface area contributed by atoms with Crippen molar-refractivity contribution >= 4 is 23.3 Å². The largest absolute Gasteiger partial charge is 0.492 e. The lowest BCUT2D eigenvalue weighted by atomic mass is 9.67. The predicted octanol–water partition coefficient (Wildman–Crippen LogP) is 1.90. The molecule has 0 aromatic rings. The van der Waals surface area contributed by atoms with Gasteiger partial charge < -0.3 is 19.3 Å². The van der Waals surface area contributed by atoms with Crippen LogP contribution in [0, 0.1) is 0 Å². The van der Waals surface area contributed by atoms with E-state index < -0.39 is 36.4 Å². The number of fused-ring (bicyclic) bond motifs is 5. The number of nitrogens with zero attached hydrogens (tertiary/aromatic N) is 2. The molecule has 5 aliphatic rings. The van der Waals surface area contributed by atoms with Crippen molar-refractivity contribution in [1.82, 2.24) is 9.80 Å². The van der Waals surface area contributed by atoms with Crippen LogP contribution in [0.3, 0.4) is 0 Å². The predicted molar refractivity (Wildman–Crippen MR) is 143 cm³/mol. The molecule has 2 bridgehead atoms. The Balaban J connectivity index is 1.69. The number of esters is 1. The van der Waals surface area contributed by atoms with Crippen molar-refractivity contribution in [1.29, 1.82) is 0 Å². The van der Waals surface area contributed by atoms with Crippen LogP contribution in [0.2, 0.25) is 0 Å². The lowest BCUT2D eigenvalue weighted by Gasteiger charge is -2.61. The third-order valence-electron chi connectivity index (χ3n) is 9.13. The van der Waals surface area contributed by atoms with Gasteiger partial charge in [0.2, 0.25) is 11.6 Å². The van der Waals surface area contributed by atoms with Crippen molar-refractivity contribution in [3.05, 3.63) is 57.1 Å². The summed E-state index contributed by atoms with van der Waals surface area (Å²) in [7, 11) is 2.83. The van der Waals surface area contributed by atoms with Gasteiger partial charge in [0.25, 0.3) is 0 Å². The summed E-state index contributed by atoms with van der Waals surface area (Å²) in [5.41, 5.74) is 3.58. The number of ketones is 3. The highest BCUT2D eigenvalue weighted by Gasteiger charge is 2.59. The highest BCUT2D eigenvalue weighted by atomic mass is 16.5. The Morgan fingerprint density at radius 3 is 2.15 bits per heavy atom. The Kier molecular flexibility index (Phi) is 7.22. The van der Waals surface area contributed by atoms with E-state index in [-0.39, 0.29) is 53.9 Å². The quantitative estimate of drug-likeness (QED) is 0.386. The molecule has 1 saturated heterocycles. The highest BCUT2D eigenvalue weighted by Crippen LogP contribution is 2.50. The average Bonchev–Trinajstić information content (AvgIpc) is 2.92. The van der Waals surface area contributed by atoms with Crippen molar-refractivity contribution in [3.63, 3.8) is 0 Å². The fraction of sp³-hybridized carbons (Fsp3) is 0.533. The number of Topliss-reactive ketones (excluding diaryl/α,β-unsaturated/α-hetero) is 3. The molecule has 5 atom stereocenters. The first-order valence-corrected chi connectivity index (χ1v) is 13.6. The molecule has 0 spiro atoms. The van der Waals surface area contributed by atoms with Crippen molar-refractivity contribution in [2.75, 3.05) is 27.4 Å². The van der Waals surface area contributed by atoms with Gasteiger partial charge in [-0.25, -0.2) is 0 Å². The molecule has 1 fully saturated rings. The van der Waals surface area contributed by atoms with Gasteiger partial charge >= 0.3 is 5.97 Å².